The van der Waals surface area contributed by atoms with Gasteiger partial charge < -0.3 is 9.47 Å². The molecule has 0 spiro atoms. The van der Waals surface area contributed by atoms with E-state index in [1.165, 1.54) is 23.9 Å². The molecule has 230 valence electrons. The number of fused-ring (bicyclic) bond motifs is 3. The molecule has 0 unspecified atom stereocenters. The Bertz CT molecular complexity index is 1630. The highest BCUT2D eigenvalue weighted by Gasteiger charge is 2.45. The maximum atomic E-state index is 13.7. The van der Waals surface area contributed by atoms with Gasteiger partial charge in [-0.15, -0.1) is 0 Å². The number of pyridine rings is 1. The van der Waals surface area contributed by atoms with Gasteiger partial charge in [0.15, 0.2) is 0 Å². The van der Waals surface area contributed by atoms with E-state index < -0.39 is 17.6 Å². The molecule has 44 heavy (non-hydrogen) atoms. The van der Waals surface area contributed by atoms with Gasteiger partial charge in [-0.05, 0) is 87.6 Å². The summed E-state index contributed by atoms with van der Waals surface area (Å²) in [6.07, 6.45) is 4.59. The van der Waals surface area contributed by atoms with Crippen LogP contribution in [0.1, 0.15) is 78.3 Å². The molecule has 0 saturated carbocycles. The summed E-state index contributed by atoms with van der Waals surface area (Å²) in [5.74, 6) is 0.497. The first-order valence-electron chi connectivity index (χ1n) is 15.8. The van der Waals surface area contributed by atoms with Crippen LogP contribution in [-0.2, 0) is 11.6 Å². The number of benzene rings is 2. The molecule has 3 aliphatic rings. The van der Waals surface area contributed by atoms with Gasteiger partial charge in [0.05, 0.1) is 22.2 Å². The predicted octanol–water partition coefficient (Wildman–Crippen LogP) is 7.19. The number of piperidine rings is 2. The van der Waals surface area contributed by atoms with Crippen molar-refractivity contribution in [3.05, 3.63) is 95.6 Å². The standard InChI is InChI=1S/C35H38F3N5O/c1-24-40-31-9-5-6-10-32(31)43(24)28-21-26-11-12-27(22-28)42(26)20-16-34(25-7-3-2-4-8-25)14-18-41(19-15-34)33(44)29-23-39-17-13-30(29)35(36,37)38/h2-10,13,17,23,26-28H,11-12,14-16,18-22H2,1H3/t26-,27+,28+. The topological polar surface area (TPSA) is 54.3 Å². The monoisotopic (exact) mass is 601 g/mol. The summed E-state index contributed by atoms with van der Waals surface area (Å²) in [6, 6.07) is 21.3. The highest BCUT2D eigenvalue weighted by Crippen LogP contribution is 2.45. The second kappa shape index (κ2) is 11.3. The van der Waals surface area contributed by atoms with Gasteiger partial charge in [-0.1, -0.05) is 42.5 Å². The Morgan fingerprint density at radius 1 is 0.932 bits per heavy atom. The second-order valence-corrected chi connectivity index (χ2v) is 12.9. The summed E-state index contributed by atoms with van der Waals surface area (Å²) in [5.41, 5.74) is 2.12. The van der Waals surface area contributed by atoms with Crippen LogP contribution in [0.25, 0.3) is 11.0 Å². The number of hydrogen-bond donors (Lipinski definition) is 0. The van der Waals surface area contributed by atoms with Gasteiger partial charge in [0.25, 0.3) is 5.91 Å². The van der Waals surface area contributed by atoms with E-state index in [-0.39, 0.29) is 11.0 Å². The third kappa shape index (κ3) is 5.19. The zero-order valence-electron chi connectivity index (χ0n) is 25.0. The fourth-order valence-electron chi connectivity index (χ4n) is 8.39. The van der Waals surface area contributed by atoms with Gasteiger partial charge in [-0.2, -0.15) is 13.2 Å². The summed E-state index contributed by atoms with van der Waals surface area (Å²) in [7, 11) is 0. The lowest BCUT2D eigenvalue weighted by molar-refractivity contribution is -0.138. The number of imidazole rings is 1. The van der Waals surface area contributed by atoms with E-state index in [2.05, 4.69) is 63.8 Å². The van der Waals surface area contributed by atoms with Crippen LogP contribution in [0.15, 0.2) is 73.1 Å². The van der Waals surface area contributed by atoms with Crippen molar-refractivity contribution in [3.63, 3.8) is 0 Å². The lowest BCUT2D eigenvalue weighted by Crippen LogP contribution is -2.49. The van der Waals surface area contributed by atoms with Crippen LogP contribution in [0.2, 0.25) is 0 Å². The first-order valence-corrected chi connectivity index (χ1v) is 15.8. The van der Waals surface area contributed by atoms with Crippen LogP contribution in [0.3, 0.4) is 0 Å². The average molecular weight is 602 g/mol. The summed E-state index contributed by atoms with van der Waals surface area (Å²) in [4.78, 5) is 26.3. The van der Waals surface area contributed by atoms with Gasteiger partial charge in [-0.25, -0.2) is 4.98 Å². The van der Waals surface area contributed by atoms with Crippen molar-refractivity contribution in [2.24, 2.45) is 0 Å². The Labute approximate surface area is 255 Å². The van der Waals surface area contributed by atoms with Crippen molar-refractivity contribution >= 4 is 16.9 Å². The maximum Gasteiger partial charge on any atom is 0.417 e. The van der Waals surface area contributed by atoms with E-state index in [1.54, 1.807) is 4.90 Å². The zero-order chi connectivity index (χ0) is 30.5. The average Bonchev–Trinajstić information content (AvgIpc) is 3.50. The van der Waals surface area contributed by atoms with E-state index in [9.17, 15) is 18.0 Å². The predicted molar refractivity (Wildman–Crippen MR) is 163 cm³/mol. The molecule has 7 rings (SSSR count). The fraction of sp³-hybridized carbons (Fsp3) is 0.457. The van der Waals surface area contributed by atoms with Gasteiger partial charge in [-0.3, -0.25) is 14.7 Å². The minimum atomic E-state index is -4.60. The number of carbonyl (C=O) groups excluding carboxylic acids is 1. The number of likely N-dealkylation sites (tertiary alicyclic amines) is 1. The van der Waals surface area contributed by atoms with Crippen LogP contribution in [-0.4, -0.2) is 62.0 Å². The van der Waals surface area contributed by atoms with E-state index >= 15 is 0 Å². The molecule has 3 saturated heterocycles. The number of rotatable bonds is 6. The number of hydrogen-bond acceptors (Lipinski definition) is 4. The Morgan fingerprint density at radius 3 is 2.32 bits per heavy atom. The van der Waals surface area contributed by atoms with Crippen LogP contribution >= 0.6 is 0 Å². The van der Waals surface area contributed by atoms with Crippen LogP contribution in [0.5, 0.6) is 0 Å². The molecule has 5 heterocycles. The minimum Gasteiger partial charge on any atom is -0.339 e. The number of amides is 1. The van der Waals surface area contributed by atoms with Gasteiger partial charge in [0, 0.05) is 43.6 Å². The Kier molecular flexibility index (Phi) is 7.47. The minimum absolute atomic E-state index is 0.132. The van der Waals surface area contributed by atoms with E-state index in [0.717, 1.165) is 68.5 Å². The molecular formula is C35H38F3N5O. The molecule has 3 fully saturated rings. The van der Waals surface area contributed by atoms with Crippen LogP contribution in [0, 0.1) is 6.92 Å². The van der Waals surface area contributed by atoms with Crippen LogP contribution in [0.4, 0.5) is 13.2 Å². The molecule has 1 amide bonds. The lowest BCUT2D eigenvalue weighted by atomic mass is 9.70. The van der Waals surface area contributed by atoms with Gasteiger partial charge in [0.1, 0.15) is 5.82 Å². The summed E-state index contributed by atoms with van der Waals surface area (Å²) < 4.78 is 43.4. The molecule has 6 nitrogen and oxygen atoms in total. The summed E-state index contributed by atoms with van der Waals surface area (Å²) >= 11 is 0. The normalized spacial score (nSPS) is 23.7. The molecule has 0 radical (unpaired) electrons. The maximum absolute atomic E-state index is 13.7. The summed E-state index contributed by atoms with van der Waals surface area (Å²) in [6.45, 7) is 3.94. The quantitative estimate of drug-likeness (QED) is 0.235. The SMILES string of the molecule is Cc1nc2ccccc2n1[C@H]1C[C@H]2CC[C@@H](C1)N2CCC1(c2ccccc2)CCN(C(=O)c2cnccc2C(F)(F)F)CC1. The lowest BCUT2D eigenvalue weighted by Gasteiger charge is -2.45. The van der Waals surface area contributed by atoms with Crippen molar-refractivity contribution in [1.29, 1.82) is 0 Å². The Balaban J connectivity index is 1.07. The molecule has 2 bridgehead atoms. The smallest absolute Gasteiger partial charge is 0.339 e. The molecule has 0 aliphatic carbocycles. The zero-order valence-corrected chi connectivity index (χ0v) is 25.0. The Hall–Kier alpha value is -3.72. The number of para-hydroxylation sites is 2. The van der Waals surface area contributed by atoms with Crippen molar-refractivity contribution < 1.29 is 18.0 Å². The van der Waals surface area contributed by atoms with Crippen LogP contribution < -0.4 is 0 Å². The molecule has 3 atom stereocenters. The highest BCUT2D eigenvalue weighted by molar-refractivity contribution is 5.95. The molecule has 9 heteroatoms. The number of aryl methyl sites for hydroxylation is 1. The van der Waals surface area contributed by atoms with Crippen molar-refractivity contribution in [1.82, 2.24) is 24.3 Å². The number of alkyl halides is 3. The van der Waals surface area contributed by atoms with E-state index in [0.29, 0.717) is 31.2 Å². The first-order chi connectivity index (χ1) is 21.2. The fourth-order valence-corrected chi connectivity index (χ4v) is 8.39. The number of aromatic nitrogens is 3. The molecule has 2 aromatic carbocycles. The van der Waals surface area contributed by atoms with Crippen molar-refractivity contribution in [3.8, 4) is 0 Å². The van der Waals surface area contributed by atoms with E-state index in [4.69, 9.17) is 4.98 Å². The second-order valence-electron chi connectivity index (χ2n) is 12.9. The Morgan fingerprint density at radius 2 is 1.61 bits per heavy atom. The summed E-state index contributed by atoms with van der Waals surface area (Å²) in [5, 5.41) is 0. The molecule has 2 aromatic heterocycles. The first kappa shape index (κ1) is 29.0. The highest BCUT2D eigenvalue weighted by atomic mass is 19.4. The number of carbonyl (C=O) groups is 1. The third-order valence-electron chi connectivity index (χ3n) is 10.6. The van der Waals surface area contributed by atoms with Crippen molar-refractivity contribution in [2.45, 2.75) is 81.6 Å². The van der Waals surface area contributed by atoms with Gasteiger partial charge >= 0.3 is 6.18 Å². The largest absolute Gasteiger partial charge is 0.417 e. The van der Waals surface area contributed by atoms with Gasteiger partial charge in [0.2, 0.25) is 0 Å². The number of nitrogens with zero attached hydrogens (tertiary/aromatic N) is 5. The van der Waals surface area contributed by atoms with Crippen molar-refractivity contribution in [2.75, 3.05) is 19.6 Å². The molecule has 0 N–H and O–H groups in total. The number of halogens is 3. The molecular weight excluding hydrogens is 563 g/mol. The van der Waals surface area contributed by atoms with E-state index in [1.807, 2.05) is 12.1 Å². The molecule has 3 aliphatic heterocycles. The molecule has 4 aromatic rings. The third-order valence-corrected chi connectivity index (χ3v) is 10.6.